The minimum absolute atomic E-state index is 0.106. The highest BCUT2D eigenvalue weighted by Gasteiger charge is 2.58. The third-order valence-electron chi connectivity index (χ3n) is 3.36. The molecule has 2 rings (SSSR count). The first-order chi connectivity index (χ1) is 8.60. The average molecular weight is 267 g/mol. The van der Waals surface area contributed by atoms with Gasteiger partial charge in [0.1, 0.15) is 5.41 Å². The van der Waals surface area contributed by atoms with Gasteiger partial charge in [-0.2, -0.15) is 0 Å². The molecular weight excluding hydrogens is 250 g/mol. The Bertz CT molecular complexity index is 437. The van der Waals surface area contributed by atoms with Crippen molar-refractivity contribution in [2.24, 2.45) is 5.41 Å². The maximum Gasteiger partial charge on any atom is 0.321 e. The SMILES string of the molecule is COC(=O)C1(C(=O)N(C)CCc2cccs2)CC1. The number of esters is 1. The molecule has 0 unspecified atom stereocenters. The Hall–Kier alpha value is -1.36. The highest BCUT2D eigenvalue weighted by Crippen LogP contribution is 2.48. The van der Waals surface area contributed by atoms with Gasteiger partial charge in [0.2, 0.25) is 5.91 Å². The summed E-state index contributed by atoms with van der Waals surface area (Å²) >= 11 is 1.68. The second-order valence-electron chi connectivity index (χ2n) is 4.63. The van der Waals surface area contributed by atoms with Gasteiger partial charge < -0.3 is 9.64 Å². The standard InChI is InChI=1S/C13H17NO3S/c1-14(8-5-10-4-3-9-18-10)11(15)13(6-7-13)12(16)17-2/h3-4,9H,5-8H2,1-2H3. The Morgan fingerprint density at radius 3 is 2.72 bits per heavy atom. The molecule has 0 spiro atoms. The van der Waals surface area contributed by atoms with Crippen LogP contribution < -0.4 is 0 Å². The zero-order valence-electron chi connectivity index (χ0n) is 10.6. The van der Waals surface area contributed by atoms with Crippen LogP contribution in [-0.2, 0) is 20.7 Å². The van der Waals surface area contributed by atoms with Gasteiger partial charge in [0.05, 0.1) is 7.11 Å². The number of hydrogen-bond donors (Lipinski definition) is 0. The molecule has 98 valence electrons. The Morgan fingerprint density at radius 1 is 1.50 bits per heavy atom. The van der Waals surface area contributed by atoms with Crippen LogP contribution in [-0.4, -0.2) is 37.5 Å². The molecule has 0 N–H and O–H groups in total. The second-order valence-corrected chi connectivity index (χ2v) is 5.66. The molecule has 1 aromatic rings. The van der Waals surface area contributed by atoms with E-state index in [1.807, 2.05) is 11.4 Å². The van der Waals surface area contributed by atoms with E-state index in [9.17, 15) is 9.59 Å². The van der Waals surface area contributed by atoms with Crippen LogP contribution in [0.1, 0.15) is 17.7 Å². The van der Waals surface area contributed by atoms with Crippen LogP contribution in [0.3, 0.4) is 0 Å². The molecule has 0 atom stereocenters. The highest BCUT2D eigenvalue weighted by atomic mass is 32.1. The fourth-order valence-corrected chi connectivity index (χ4v) is 2.72. The second kappa shape index (κ2) is 5.10. The lowest BCUT2D eigenvalue weighted by Gasteiger charge is -2.21. The molecule has 0 aromatic carbocycles. The molecule has 5 heteroatoms. The molecule has 1 heterocycles. The molecule has 0 aliphatic heterocycles. The lowest BCUT2D eigenvalue weighted by Crippen LogP contribution is -2.40. The van der Waals surface area contributed by atoms with Crippen molar-refractivity contribution >= 4 is 23.2 Å². The summed E-state index contributed by atoms with van der Waals surface area (Å²) in [4.78, 5) is 26.7. The summed E-state index contributed by atoms with van der Waals surface area (Å²) in [5.74, 6) is -0.499. The number of thiophene rings is 1. The number of ether oxygens (including phenoxy) is 1. The van der Waals surface area contributed by atoms with Crippen LogP contribution in [0, 0.1) is 5.41 Å². The Morgan fingerprint density at radius 2 is 2.22 bits per heavy atom. The molecule has 1 fully saturated rings. The minimum Gasteiger partial charge on any atom is -0.468 e. The minimum atomic E-state index is -0.876. The van der Waals surface area contributed by atoms with Gasteiger partial charge in [0.15, 0.2) is 0 Å². The predicted octanol–water partition coefficient (Wildman–Crippen LogP) is 1.70. The Kier molecular flexibility index (Phi) is 3.71. The van der Waals surface area contributed by atoms with E-state index in [1.165, 1.54) is 12.0 Å². The van der Waals surface area contributed by atoms with Gasteiger partial charge in [-0.25, -0.2) is 0 Å². The van der Waals surface area contributed by atoms with Gasteiger partial charge in [-0.15, -0.1) is 11.3 Å². The molecule has 1 saturated carbocycles. The number of carbonyl (C=O) groups excluding carboxylic acids is 2. The number of likely N-dealkylation sites (N-methyl/N-ethyl adjacent to an activating group) is 1. The van der Waals surface area contributed by atoms with E-state index in [1.54, 1.807) is 23.3 Å². The topological polar surface area (TPSA) is 46.6 Å². The molecule has 0 bridgehead atoms. The van der Waals surface area contributed by atoms with E-state index in [0.717, 1.165) is 6.42 Å². The molecule has 0 radical (unpaired) electrons. The van der Waals surface area contributed by atoms with Gasteiger partial charge in [0, 0.05) is 18.5 Å². The van der Waals surface area contributed by atoms with Crippen molar-refractivity contribution in [3.63, 3.8) is 0 Å². The molecule has 0 saturated heterocycles. The lowest BCUT2D eigenvalue weighted by molar-refractivity contribution is -0.155. The van der Waals surface area contributed by atoms with Crippen LogP contribution in [0.25, 0.3) is 0 Å². The molecule has 1 amide bonds. The van der Waals surface area contributed by atoms with Crippen molar-refractivity contribution in [3.8, 4) is 0 Å². The quantitative estimate of drug-likeness (QED) is 0.602. The first-order valence-corrected chi connectivity index (χ1v) is 6.84. The van der Waals surface area contributed by atoms with Crippen LogP contribution in [0.15, 0.2) is 17.5 Å². The zero-order chi connectivity index (χ0) is 13.2. The predicted molar refractivity (Wildman–Crippen MR) is 69.3 cm³/mol. The number of rotatable bonds is 5. The van der Waals surface area contributed by atoms with Gasteiger partial charge >= 0.3 is 5.97 Å². The van der Waals surface area contributed by atoms with E-state index >= 15 is 0 Å². The van der Waals surface area contributed by atoms with Crippen LogP contribution in [0.2, 0.25) is 0 Å². The highest BCUT2D eigenvalue weighted by molar-refractivity contribution is 7.09. The van der Waals surface area contributed by atoms with Crippen molar-refractivity contribution < 1.29 is 14.3 Å². The Labute approximate surface area is 111 Å². The Balaban J connectivity index is 1.91. The molecule has 1 aromatic heterocycles. The molecule has 18 heavy (non-hydrogen) atoms. The first-order valence-electron chi connectivity index (χ1n) is 5.96. The van der Waals surface area contributed by atoms with Crippen LogP contribution in [0.4, 0.5) is 0 Å². The molecule has 4 nitrogen and oxygen atoms in total. The van der Waals surface area contributed by atoms with Gasteiger partial charge in [-0.1, -0.05) is 6.07 Å². The number of methoxy groups -OCH3 is 1. The van der Waals surface area contributed by atoms with Crippen molar-refractivity contribution in [2.45, 2.75) is 19.3 Å². The fourth-order valence-electron chi connectivity index (χ4n) is 2.03. The molecule has 1 aliphatic carbocycles. The largest absolute Gasteiger partial charge is 0.468 e. The number of nitrogens with zero attached hydrogens (tertiary/aromatic N) is 1. The number of hydrogen-bond acceptors (Lipinski definition) is 4. The average Bonchev–Trinajstić information content (AvgIpc) is 3.04. The normalized spacial score (nSPS) is 16.1. The summed E-state index contributed by atoms with van der Waals surface area (Å²) in [5.41, 5.74) is -0.876. The van der Waals surface area contributed by atoms with Gasteiger partial charge in [0.25, 0.3) is 0 Å². The number of amides is 1. The van der Waals surface area contributed by atoms with Crippen molar-refractivity contribution in [3.05, 3.63) is 22.4 Å². The van der Waals surface area contributed by atoms with E-state index in [4.69, 9.17) is 4.74 Å². The van der Waals surface area contributed by atoms with E-state index in [2.05, 4.69) is 6.07 Å². The van der Waals surface area contributed by atoms with Gasteiger partial charge in [-0.05, 0) is 30.7 Å². The first kappa shape index (κ1) is 13.1. The third kappa shape index (κ3) is 2.41. The third-order valence-corrected chi connectivity index (χ3v) is 4.29. The zero-order valence-corrected chi connectivity index (χ0v) is 11.5. The van der Waals surface area contributed by atoms with Gasteiger partial charge in [-0.3, -0.25) is 9.59 Å². The summed E-state index contributed by atoms with van der Waals surface area (Å²) in [6, 6.07) is 4.05. The summed E-state index contributed by atoms with van der Waals surface area (Å²) in [6.07, 6.45) is 2.06. The van der Waals surface area contributed by atoms with Crippen molar-refractivity contribution in [1.29, 1.82) is 0 Å². The number of carbonyl (C=O) groups is 2. The summed E-state index contributed by atoms with van der Waals surface area (Å²) < 4.78 is 4.71. The fraction of sp³-hybridized carbons (Fsp3) is 0.538. The molecular formula is C13H17NO3S. The lowest BCUT2D eigenvalue weighted by atomic mass is 10.1. The van der Waals surface area contributed by atoms with Crippen LogP contribution >= 0.6 is 11.3 Å². The maximum absolute atomic E-state index is 12.2. The smallest absolute Gasteiger partial charge is 0.321 e. The molecule has 1 aliphatic rings. The van der Waals surface area contributed by atoms with E-state index in [0.29, 0.717) is 19.4 Å². The monoisotopic (exact) mass is 267 g/mol. The van der Waals surface area contributed by atoms with Crippen molar-refractivity contribution in [2.75, 3.05) is 20.7 Å². The summed E-state index contributed by atoms with van der Waals surface area (Å²) in [7, 11) is 3.08. The van der Waals surface area contributed by atoms with E-state index < -0.39 is 11.4 Å². The summed E-state index contributed by atoms with van der Waals surface area (Å²) in [6.45, 7) is 0.637. The summed E-state index contributed by atoms with van der Waals surface area (Å²) in [5, 5.41) is 2.02. The van der Waals surface area contributed by atoms with E-state index in [-0.39, 0.29) is 5.91 Å². The maximum atomic E-state index is 12.2. The van der Waals surface area contributed by atoms with Crippen molar-refractivity contribution in [1.82, 2.24) is 4.90 Å². The van der Waals surface area contributed by atoms with Crippen LogP contribution in [0.5, 0.6) is 0 Å².